The molecule has 0 aromatic carbocycles. The van der Waals surface area contributed by atoms with Crippen LogP contribution >= 0.6 is 12.2 Å². The Labute approximate surface area is 64.7 Å². The van der Waals surface area contributed by atoms with Crippen LogP contribution in [0.15, 0.2) is 0 Å². The Kier molecular flexibility index (Phi) is 4.78. The summed E-state index contributed by atoms with van der Waals surface area (Å²) >= 11 is 4.44. The number of hydrogen-bond acceptors (Lipinski definition) is 4. The van der Waals surface area contributed by atoms with E-state index in [1.807, 2.05) is 0 Å². The van der Waals surface area contributed by atoms with Crippen LogP contribution in [0, 0.1) is 0 Å². The largest absolute Gasteiger partial charge is 0.448 e. The maximum Gasteiger partial charge on any atom is 0.439 e. The van der Waals surface area contributed by atoms with Crippen LogP contribution in [0.25, 0.3) is 0 Å². The van der Waals surface area contributed by atoms with E-state index in [-0.39, 0.29) is 0 Å². The Bertz CT molecular complexity index is 128. The molecule has 0 aromatic heterocycles. The van der Waals surface area contributed by atoms with E-state index in [9.17, 15) is 4.79 Å². The number of hydrogen-bond donors (Lipinski definition) is 0. The first-order valence-electron chi connectivity index (χ1n) is 2.71. The lowest BCUT2D eigenvalue weighted by atomic mass is 10.9. The van der Waals surface area contributed by atoms with E-state index in [0.717, 1.165) is 10.6 Å². The fraction of sp³-hybridized carbons (Fsp3) is 0.600. The van der Waals surface area contributed by atoms with E-state index in [1.165, 1.54) is 7.11 Å². The summed E-state index contributed by atoms with van der Waals surface area (Å²) in [5.74, 6) is 0. The van der Waals surface area contributed by atoms with Gasteiger partial charge >= 0.3 is 6.09 Å². The van der Waals surface area contributed by atoms with Crippen LogP contribution in [-0.4, -0.2) is 30.4 Å². The monoisotopic (exact) mass is 163 g/mol. The van der Waals surface area contributed by atoms with Gasteiger partial charge in [-0.2, -0.15) is 0 Å². The van der Waals surface area contributed by atoms with Crippen LogP contribution < -0.4 is 0 Å². The number of thiocarbonyl (C=S) groups is 1. The number of carbonyl (C=O) groups excluding carboxylic acids is 1. The van der Waals surface area contributed by atoms with E-state index in [2.05, 4.69) is 21.8 Å². The molecular formula is C5H9NO3S. The first-order chi connectivity index (χ1) is 4.76. The third kappa shape index (κ3) is 2.75. The second kappa shape index (κ2) is 5.13. The Hall–Kier alpha value is -0.680. The normalized spacial score (nSPS) is 8.60. The van der Waals surface area contributed by atoms with Crippen LogP contribution in [0.2, 0.25) is 0 Å². The van der Waals surface area contributed by atoms with Crippen molar-refractivity contribution >= 4 is 23.8 Å². The zero-order valence-corrected chi connectivity index (χ0v) is 6.68. The molecule has 0 spiro atoms. The fourth-order valence-corrected chi connectivity index (χ4v) is 0.520. The van der Waals surface area contributed by atoms with Crippen LogP contribution in [-0.2, 0) is 9.57 Å². The minimum Gasteiger partial charge on any atom is -0.448 e. The molecule has 5 heteroatoms. The highest BCUT2D eigenvalue weighted by Crippen LogP contribution is 1.89. The summed E-state index contributed by atoms with van der Waals surface area (Å²) in [4.78, 5) is 15.2. The predicted octanol–water partition coefficient (Wildman–Crippen LogP) is 0.964. The standard InChI is InChI=1S/C5H9NO3S/c1-3-9-5(7)6(4-10)8-2/h4H,3H2,1-2H3. The van der Waals surface area contributed by atoms with Crippen molar-refractivity contribution < 1.29 is 14.4 Å². The molecule has 0 saturated carbocycles. The third-order valence-corrected chi connectivity index (χ3v) is 0.932. The lowest BCUT2D eigenvalue weighted by Gasteiger charge is -2.11. The average molecular weight is 163 g/mol. The molecule has 0 fully saturated rings. The summed E-state index contributed by atoms with van der Waals surface area (Å²) in [5.41, 5.74) is 1.07. The lowest BCUT2D eigenvalue weighted by Crippen LogP contribution is -2.28. The molecule has 0 aliphatic heterocycles. The molecule has 0 heterocycles. The van der Waals surface area contributed by atoms with Crippen LogP contribution in [0.4, 0.5) is 4.79 Å². The lowest BCUT2D eigenvalue weighted by molar-refractivity contribution is -0.0471. The molecule has 0 saturated heterocycles. The van der Waals surface area contributed by atoms with Gasteiger partial charge in [-0.25, -0.2) is 4.79 Å². The van der Waals surface area contributed by atoms with Crippen molar-refractivity contribution in [1.29, 1.82) is 0 Å². The summed E-state index contributed by atoms with van der Waals surface area (Å²) in [5, 5.41) is 0.832. The van der Waals surface area contributed by atoms with Crippen molar-refractivity contribution in [1.82, 2.24) is 5.06 Å². The highest BCUT2D eigenvalue weighted by molar-refractivity contribution is 7.78. The van der Waals surface area contributed by atoms with Crippen molar-refractivity contribution in [2.75, 3.05) is 13.7 Å². The summed E-state index contributed by atoms with van der Waals surface area (Å²) in [6.45, 7) is 2.01. The summed E-state index contributed by atoms with van der Waals surface area (Å²) < 4.78 is 4.55. The van der Waals surface area contributed by atoms with Crippen molar-refractivity contribution in [2.45, 2.75) is 6.92 Å². The first-order valence-corrected chi connectivity index (χ1v) is 3.18. The summed E-state index contributed by atoms with van der Waals surface area (Å²) in [7, 11) is 1.33. The second-order valence-electron chi connectivity index (χ2n) is 1.31. The minimum atomic E-state index is -0.597. The number of ether oxygens (including phenoxy) is 1. The quantitative estimate of drug-likeness (QED) is 0.459. The third-order valence-electron chi connectivity index (χ3n) is 0.740. The maximum atomic E-state index is 10.7. The molecule has 4 nitrogen and oxygen atoms in total. The molecular weight excluding hydrogens is 154 g/mol. The molecule has 0 rings (SSSR count). The molecule has 58 valence electrons. The SMILES string of the molecule is CCOC(=O)N(C=S)OC. The second-order valence-corrected chi connectivity index (χ2v) is 1.52. The van der Waals surface area contributed by atoms with Crippen molar-refractivity contribution in [3.05, 3.63) is 0 Å². The van der Waals surface area contributed by atoms with Crippen LogP contribution in [0.3, 0.4) is 0 Å². The Morgan fingerprint density at radius 1 is 1.80 bits per heavy atom. The number of rotatable bonds is 3. The Balaban J connectivity index is 3.76. The molecule has 0 aliphatic rings. The molecule has 0 bridgehead atoms. The van der Waals surface area contributed by atoms with E-state index in [4.69, 9.17) is 0 Å². The highest BCUT2D eigenvalue weighted by atomic mass is 32.1. The molecule has 0 N–H and O–H groups in total. The molecule has 0 atom stereocenters. The molecule has 0 unspecified atom stereocenters. The van der Waals surface area contributed by atoms with Gasteiger partial charge in [-0.3, -0.25) is 4.84 Å². The highest BCUT2D eigenvalue weighted by Gasteiger charge is 2.09. The van der Waals surface area contributed by atoms with Crippen molar-refractivity contribution in [3.8, 4) is 0 Å². The summed E-state index contributed by atoms with van der Waals surface area (Å²) in [6, 6.07) is 0. The first kappa shape index (κ1) is 9.32. The number of amides is 1. The number of hydroxylamine groups is 2. The minimum absolute atomic E-state index is 0.307. The smallest absolute Gasteiger partial charge is 0.439 e. The van der Waals surface area contributed by atoms with Gasteiger partial charge in [-0.1, -0.05) is 12.2 Å². The molecule has 1 amide bonds. The van der Waals surface area contributed by atoms with Gasteiger partial charge in [0.05, 0.1) is 13.7 Å². The fourth-order valence-electron chi connectivity index (χ4n) is 0.348. The van der Waals surface area contributed by atoms with Gasteiger partial charge in [0.15, 0.2) is 0 Å². The van der Waals surface area contributed by atoms with Crippen molar-refractivity contribution in [3.63, 3.8) is 0 Å². The Morgan fingerprint density at radius 3 is 2.70 bits per heavy atom. The van der Waals surface area contributed by atoms with Gasteiger partial charge < -0.3 is 4.74 Å². The topological polar surface area (TPSA) is 38.8 Å². The average Bonchev–Trinajstić information content (AvgIpc) is 1.91. The Morgan fingerprint density at radius 2 is 2.40 bits per heavy atom. The van der Waals surface area contributed by atoms with E-state index < -0.39 is 6.09 Å². The van der Waals surface area contributed by atoms with Gasteiger partial charge in [0.25, 0.3) is 0 Å². The van der Waals surface area contributed by atoms with Crippen LogP contribution in [0.1, 0.15) is 6.92 Å². The summed E-state index contributed by atoms with van der Waals surface area (Å²) in [6.07, 6.45) is -0.597. The van der Waals surface area contributed by atoms with E-state index in [0.29, 0.717) is 6.61 Å². The number of nitrogens with zero attached hydrogens (tertiary/aromatic N) is 1. The molecule has 0 aromatic rings. The van der Waals surface area contributed by atoms with Gasteiger partial charge in [0.2, 0.25) is 0 Å². The maximum absolute atomic E-state index is 10.7. The zero-order valence-electron chi connectivity index (χ0n) is 5.86. The molecule has 0 radical (unpaired) electrons. The van der Waals surface area contributed by atoms with Crippen molar-refractivity contribution in [2.24, 2.45) is 0 Å². The molecule has 10 heavy (non-hydrogen) atoms. The van der Waals surface area contributed by atoms with E-state index >= 15 is 0 Å². The van der Waals surface area contributed by atoms with Gasteiger partial charge in [0.1, 0.15) is 5.49 Å². The zero-order chi connectivity index (χ0) is 7.98. The van der Waals surface area contributed by atoms with Crippen LogP contribution in [0.5, 0.6) is 0 Å². The predicted molar refractivity (Wildman–Crippen MR) is 39.5 cm³/mol. The van der Waals surface area contributed by atoms with Gasteiger partial charge in [-0.15, -0.1) is 5.06 Å². The number of carbonyl (C=O) groups is 1. The molecule has 0 aliphatic carbocycles. The van der Waals surface area contributed by atoms with Gasteiger partial charge in [-0.05, 0) is 6.92 Å². The van der Waals surface area contributed by atoms with Gasteiger partial charge in [0, 0.05) is 0 Å². The van der Waals surface area contributed by atoms with E-state index in [1.54, 1.807) is 6.92 Å².